The van der Waals surface area contributed by atoms with Gasteiger partial charge in [-0.1, -0.05) is 0 Å². The third kappa shape index (κ3) is 2.55. The van der Waals surface area contributed by atoms with Gasteiger partial charge in [0.1, 0.15) is 0 Å². The Hall–Kier alpha value is -1.49. The van der Waals surface area contributed by atoms with Crippen molar-refractivity contribution in [1.82, 2.24) is 15.0 Å². The SMILES string of the molecule is Cc1ccc(Nc2ncc(Br)cn2)c(C)n1. The van der Waals surface area contributed by atoms with E-state index in [1.807, 2.05) is 26.0 Å². The van der Waals surface area contributed by atoms with Gasteiger partial charge in [-0.15, -0.1) is 0 Å². The Bertz CT molecular complexity index is 496. The van der Waals surface area contributed by atoms with Gasteiger partial charge < -0.3 is 5.32 Å². The average Bonchev–Trinajstić information content (AvgIpc) is 2.25. The zero-order chi connectivity index (χ0) is 11.5. The average molecular weight is 279 g/mol. The fourth-order valence-corrected chi connectivity index (χ4v) is 1.52. The predicted octanol–water partition coefficient (Wildman–Crippen LogP) is 2.99. The number of nitrogens with zero attached hydrogens (tertiary/aromatic N) is 3. The molecule has 0 atom stereocenters. The van der Waals surface area contributed by atoms with Crippen LogP contribution < -0.4 is 5.32 Å². The number of pyridine rings is 1. The molecule has 0 aromatic carbocycles. The van der Waals surface area contributed by atoms with Gasteiger partial charge in [0.25, 0.3) is 0 Å². The Labute approximate surface area is 102 Å². The van der Waals surface area contributed by atoms with E-state index in [9.17, 15) is 0 Å². The molecule has 1 N–H and O–H groups in total. The molecule has 4 nitrogen and oxygen atoms in total. The molecule has 2 aromatic heterocycles. The summed E-state index contributed by atoms with van der Waals surface area (Å²) in [6.07, 6.45) is 3.40. The summed E-state index contributed by atoms with van der Waals surface area (Å²) in [7, 11) is 0. The number of anilines is 2. The summed E-state index contributed by atoms with van der Waals surface area (Å²) in [5.41, 5.74) is 2.86. The Morgan fingerprint density at radius 2 is 1.81 bits per heavy atom. The monoisotopic (exact) mass is 278 g/mol. The Morgan fingerprint density at radius 1 is 1.12 bits per heavy atom. The molecule has 0 bridgehead atoms. The summed E-state index contributed by atoms with van der Waals surface area (Å²) in [5.74, 6) is 0.567. The van der Waals surface area contributed by atoms with Gasteiger partial charge in [0.05, 0.1) is 15.9 Å². The molecule has 0 saturated carbocycles. The molecule has 2 aromatic rings. The maximum atomic E-state index is 4.36. The minimum Gasteiger partial charge on any atom is -0.323 e. The van der Waals surface area contributed by atoms with Crippen molar-refractivity contribution >= 4 is 27.6 Å². The summed E-state index contributed by atoms with van der Waals surface area (Å²) in [6, 6.07) is 3.93. The van der Waals surface area contributed by atoms with E-state index in [4.69, 9.17) is 0 Å². The van der Waals surface area contributed by atoms with Crippen LogP contribution in [0.25, 0.3) is 0 Å². The van der Waals surface area contributed by atoms with Crippen LogP contribution in [0.15, 0.2) is 29.0 Å². The molecule has 2 heterocycles. The zero-order valence-electron chi connectivity index (χ0n) is 9.03. The van der Waals surface area contributed by atoms with Crippen LogP contribution in [-0.4, -0.2) is 15.0 Å². The number of aromatic nitrogens is 3. The van der Waals surface area contributed by atoms with Crippen molar-refractivity contribution in [1.29, 1.82) is 0 Å². The summed E-state index contributed by atoms with van der Waals surface area (Å²) in [6.45, 7) is 3.92. The standard InChI is InChI=1S/C11H11BrN4/c1-7-3-4-10(8(2)15-7)16-11-13-5-9(12)6-14-11/h3-6H,1-2H3,(H,13,14,16). The minimum absolute atomic E-state index is 0.567. The normalized spacial score (nSPS) is 10.2. The van der Waals surface area contributed by atoms with Crippen molar-refractivity contribution in [2.45, 2.75) is 13.8 Å². The van der Waals surface area contributed by atoms with E-state index in [0.717, 1.165) is 21.5 Å². The first kappa shape index (κ1) is 11.0. The molecule has 0 aliphatic rings. The molecular weight excluding hydrogens is 268 g/mol. The van der Waals surface area contributed by atoms with E-state index in [0.29, 0.717) is 5.95 Å². The number of nitrogens with one attached hydrogen (secondary N) is 1. The molecule has 0 spiro atoms. The highest BCUT2D eigenvalue weighted by Crippen LogP contribution is 2.17. The molecule has 5 heteroatoms. The lowest BCUT2D eigenvalue weighted by atomic mass is 10.3. The molecule has 16 heavy (non-hydrogen) atoms. The number of hydrogen-bond acceptors (Lipinski definition) is 4. The van der Waals surface area contributed by atoms with E-state index in [-0.39, 0.29) is 0 Å². The second-order valence-corrected chi connectivity index (χ2v) is 4.35. The number of rotatable bonds is 2. The first-order valence-electron chi connectivity index (χ1n) is 4.84. The Balaban J connectivity index is 2.23. The molecule has 0 amide bonds. The van der Waals surface area contributed by atoms with Crippen LogP contribution in [0.3, 0.4) is 0 Å². The lowest BCUT2D eigenvalue weighted by Gasteiger charge is -2.07. The van der Waals surface area contributed by atoms with Crippen molar-refractivity contribution in [3.8, 4) is 0 Å². The fourth-order valence-electron chi connectivity index (χ4n) is 1.32. The first-order valence-corrected chi connectivity index (χ1v) is 5.63. The van der Waals surface area contributed by atoms with Crippen molar-refractivity contribution in [2.24, 2.45) is 0 Å². The number of hydrogen-bond donors (Lipinski definition) is 1. The van der Waals surface area contributed by atoms with E-state index in [1.54, 1.807) is 12.4 Å². The minimum atomic E-state index is 0.567. The highest BCUT2D eigenvalue weighted by molar-refractivity contribution is 9.10. The van der Waals surface area contributed by atoms with Crippen molar-refractivity contribution in [2.75, 3.05) is 5.32 Å². The largest absolute Gasteiger partial charge is 0.323 e. The second kappa shape index (κ2) is 4.57. The van der Waals surface area contributed by atoms with Crippen molar-refractivity contribution in [3.63, 3.8) is 0 Å². The third-order valence-corrected chi connectivity index (χ3v) is 2.50. The van der Waals surface area contributed by atoms with Crippen LogP contribution >= 0.6 is 15.9 Å². The molecule has 0 aliphatic carbocycles. The van der Waals surface area contributed by atoms with E-state index in [1.165, 1.54) is 0 Å². The predicted molar refractivity (Wildman–Crippen MR) is 66.7 cm³/mol. The summed E-state index contributed by atoms with van der Waals surface area (Å²) in [4.78, 5) is 12.6. The quantitative estimate of drug-likeness (QED) is 0.918. The van der Waals surface area contributed by atoms with Gasteiger partial charge in [0.15, 0.2) is 0 Å². The highest BCUT2D eigenvalue weighted by atomic mass is 79.9. The van der Waals surface area contributed by atoms with Gasteiger partial charge >= 0.3 is 0 Å². The molecule has 0 radical (unpaired) electrons. The van der Waals surface area contributed by atoms with Crippen LogP contribution in [0.5, 0.6) is 0 Å². The fraction of sp³-hybridized carbons (Fsp3) is 0.182. The van der Waals surface area contributed by atoms with Crippen LogP contribution in [0, 0.1) is 13.8 Å². The zero-order valence-corrected chi connectivity index (χ0v) is 10.6. The maximum Gasteiger partial charge on any atom is 0.227 e. The van der Waals surface area contributed by atoms with Crippen molar-refractivity contribution in [3.05, 3.63) is 40.4 Å². The van der Waals surface area contributed by atoms with Crippen LogP contribution in [0.1, 0.15) is 11.4 Å². The Morgan fingerprint density at radius 3 is 2.44 bits per heavy atom. The molecular formula is C11H11BrN4. The van der Waals surface area contributed by atoms with Gasteiger partial charge in [-0.3, -0.25) is 4.98 Å². The topological polar surface area (TPSA) is 50.7 Å². The second-order valence-electron chi connectivity index (χ2n) is 3.44. The number of halogens is 1. The van der Waals surface area contributed by atoms with Gasteiger partial charge in [-0.05, 0) is 41.9 Å². The van der Waals surface area contributed by atoms with Crippen LogP contribution in [0.2, 0.25) is 0 Å². The molecule has 2 rings (SSSR count). The Kier molecular flexibility index (Phi) is 3.14. The maximum absolute atomic E-state index is 4.36. The lowest BCUT2D eigenvalue weighted by Crippen LogP contribution is -1.99. The first-order chi connectivity index (χ1) is 7.65. The summed E-state index contributed by atoms with van der Waals surface area (Å²) < 4.78 is 0.858. The number of aryl methyl sites for hydroxylation is 2. The van der Waals surface area contributed by atoms with E-state index in [2.05, 4.69) is 36.2 Å². The molecule has 82 valence electrons. The van der Waals surface area contributed by atoms with Crippen molar-refractivity contribution < 1.29 is 0 Å². The summed E-state index contributed by atoms with van der Waals surface area (Å²) in [5, 5.41) is 3.12. The molecule has 0 aliphatic heterocycles. The van der Waals surface area contributed by atoms with Crippen LogP contribution in [-0.2, 0) is 0 Å². The van der Waals surface area contributed by atoms with E-state index >= 15 is 0 Å². The van der Waals surface area contributed by atoms with Crippen LogP contribution in [0.4, 0.5) is 11.6 Å². The van der Waals surface area contributed by atoms with Gasteiger partial charge in [0.2, 0.25) is 5.95 Å². The van der Waals surface area contributed by atoms with E-state index < -0.39 is 0 Å². The molecule has 0 saturated heterocycles. The summed E-state index contributed by atoms with van der Waals surface area (Å²) >= 11 is 3.29. The smallest absolute Gasteiger partial charge is 0.227 e. The molecule has 0 unspecified atom stereocenters. The highest BCUT2D eigenvalue weighted by Gasteiger charge is 2.02. The van der Waals surface area contributed by atoms with Gasteiger partial charge in [-0.2, -0.15) is 0 Å². The lowest BCUT2D eigenvalue weighted by molar-refractivity contribution is 1.10. The third-order valence-electron chi connectivity index (χ3n) is 2.09. The van der Waals surface area contributed by atoms with Gasteiger partial charge in [0, 0.05) is 18.1 Å². The van der Waals surface area contributed by atoms with Gasteiger partial charge in [-0.25, -0.2) is 9.97 Å². The molecule has 0 fully saturated rings.